The van der Waals surface area contributed by atoms with E-state index in [1.54, 1.807) is 0 Å². The number of nitrogens with zero attached hydrogens (tertiary/aromatic N) is 1. The average Bonchev–Trinajstić information content (AvgIpc) is 2.92. The van der Waals surface area contributed by atoms with Crippen LogP contribution in [-0.4, -0.2) is 13.0 Å². The molecule has 0 N–H and O–H groups in total. The summed E-state index contributed by atoms with van der Waals surface area (Å²) in [6, 6.07) is 14.8. The summed E-state index contributed by atoms with van der Waals surface area (Å²) in [5.41, 5.74) is 6.14. The predicted molar refractivity (Wildman–Crippen MR) is 91.4 cm³/mol. The first kappa shape index (κ1) is 14.8. The fourth-order valence-corrected chi connectivity index (χ4v) is 3.42. The van der Waals surface area contributed by atoms with Gasteiger partial charge in [-0.05, 0) is 60.9 Å². The fraction of sp³-hybridized carbons (Fsp3) is 0.350. The molecule has 2 heteroatoms. The Hall–Kier alpha value is -2.09. The summed E-state index contributed by atoms with van der Waals surface area (Å²) in [7, 11) is 1.89. The molecule has 3 rings (SSSR count). The van der Waals surface area contributed by atoms with Gasteiger partial charge in [0, 0.05) is 19.2 Å². The van der Waals surface area contributed by atoms with Crippen molar-refractivity contribution in [1.82, 2.24) is 0 Å². The van der Waals surface area contributed by atoms with Gasteiger partial charge in [-0.2, -0.15) is 0 Å². The van der Waals surface area contributed by atoms with Crippen LogP contribution in [0.15, 0.2) is 42.5 Å². The quantitative estimate of drug-likeness (QED) is 0.822. The molecule has 114 valence electrons. The molecule has 0 aromatic heterocycles. The molecule has 1 aliphatic carbocycles. The highest BCUT2D eigenvalue weighted by Crippen LogP contribution is 2.36. The molecule has 2 aromatic rings. The molecular formula is C20H23NO. The Morgan fingerprint density at radius 1 is 1.18 bits per heavy atom. The molecule has 0 fully saturated rings. The fourth-order valence-electron chi connectivity index (χ4n) is 3.42. The van der Waals surface area contributed by atoms with E-state index in [0.717, 1.165) is 24.1 Å². The minimum Gasteiger partial charge on any atom is -0.315 e. The zero-order valence-electron chi connectivity index (χ0n) is 13.6. The van der Waals surface area contributed by atoms with Crippen LogP contribution >= 0.6 is 0 Å². The Bertz CT molecular complexity index is 705. The topological polar surface area (TPSA) is 20.3 Å². The van der Waals surface area contributed by atoms with E-state index < -0.39 is 0 Å². The normalized spacial score (nSPS) is 16.4. The second-order valence-corrected chi connectivity index (χ2v) is 6.38. The molecule has 1 amide bonds. The van der Waals surface area contributed by atoms with Gasteiger partial charge in [-0.15, -0.1) is 0 Å². The van der Waals surface area contributed by atoms with Crippen molar-refractivity contribution < 1.29 is 4.79 Å². The summed E-state index contributed by atoms with van der Waals surface area (Å²) in [5, 5.41) is 0. The van der Waals surface area contributed by atoms with Crippen molar-refractivity contribution in [2.45, 2.75) is 39.0 Å². The molecule has 1 aliphatic rings. The highest BCUT2D eigenvalue weighted by Gasteiger charge is 2.26. The molecule has 0 saturated carbocycles. The summed E-state index contributed by atoms with van der Waals surface area (Å²) in [6.45, 7) is 4.12. The third kappa shape index (κ3) is 2.78. The molecule has 2 nitrogen and oxygen atoms in total. The molecule has 22 heavy (non-hydrogen) atoms. The number of aryl methyl sites for hydroxylation is 3. The van der Waals surface area contributed by atoms with Crippen LogP contribution in [-0.2, 0) is 11.2 Å². The maximum Gasteiger partial charge on any atom is 0.227 e. The number of anilines is 1. The number of benzene rings is 2. The number of fused-ring (bicyclic) bond motifs is 1. The lowest BCUT2D eigenvalue weighted by Gasteiger charge is -2.22. The molecule has 0 spiro atoms. The zero-order valence-corrected chi connectivity index (χ0v) is 13.6. The molecule has 0 radical (unpaired) electrons. The standard InChI is InChI=1S/C20H23NO/c1-14-8-9-15(2)19(12-14)21(3)20(22)13-17-11-10-16-6-4-5-7-18(16)17/h4-9,12,17H,10-11,13H2,1-3H3. The van der Waals surface area contributed by atoms with Crippen LogP contribution in [0.1, 0.15) is 41.0 Å². The number of amides is 1. The monoisotopic (exact) mass is 293 g/mol. The number of rotatable bonds is 3. The van der Waals surface area contributed by atoms with Crippen molar-refractivity contribution in [1.29, 1.82) is 0 Å². The van der Waals surface area contributed by atoms with Gasteiger partial charge in [0.05, 0.1) is 0 Å². The van der Waals surface area contributed by atoms with E-state index in [1.165, 1.54) is 16.7 Å². The molecule has 0 aliphatic heterocycles. The van der Waals surface area contributed by atoms with Crippen molar-refractivity contribution in [3.05, 3.63) is 64.7 Å². The molecule has 0 bridgehead atoms. The van der Waals surface area contributed by atoms with Gasteiger partial charge < -0.3 is 4.90 Å². The van der Waals surface area contributed by atoms with E-state index in [2.05, 4.69) is 56.3 Å². The summed E-state index contributed by atoms with van der Waals surface area (Å²) < 4.78 is 0. The van der Waals surface area contributed by atoms with Crippen LogP contribution < -0.4 is 4.90 Å². The Kier molecular flexibility index (Phi) is 4.02. The lowest BCUT2D eigenvalue weighted by molar-refractivity contribution is -0.118. The second kappa shape index (κ2) is 5.96. The van der Waals surface area contributed by atoms with E-state index in [9.17, 15) is 4.79 Å². The van der Waals surface area contributed by atoms with Gasteiger partial charge in [-0.25, -0.2) is 0 Å². The highest BCUT2D eigenvalue weighted by atomic mass is 16.2. The van der Waals surface area contributed by atoms with Gasteiger partial charge in [0.1, 0.15) is 0 Å². The first-order valence-corrected chi connectivity index (χ1v) is 7.98. The van der Waals surface area contributed by atoms with Crippen molar-refractivity contribution in [2.24, 2.45) is 0 Å². The van der Waals surface area contributed by atoms with Crippen LogP contribution in [0, 0.1) is 13.8 Å². The lowest BCUT2D eigenvalue weighted by Crippen LogP contribution is -2.28. The predicted octanol–water partition coefficient (Wildman–Crippen LogP) is 4.39. The van der Waals surface area contributed by atoms with Crippen LogP contribution in [0.2, 0.25) is 0 Å². The first-order valence-electron chi connectivity index (χ1n) is 7.98. The van der Waals surface area contributed by atoms with Gasteiger partial charge in [-0.3, -0.25) is 4.79 Å². The van der Waals surface area contributed by atoms with Crippen LogP contribution in [0.3, 0.4) is 0 Å². The minimum atomic E-state index is 0.204. The Balaban J connectivity index is 1.76. The van der Waals surface area contributed by atoms with Gasteiger partial charge in [0.2, 0.25) is 5.91 Å². The molecule has 1 atom stereocenters. The van der Waals surface area contributed by atoms with Crippen molar-refractivity contribution >= 4 is 11.6 Å². The van der Waals surface area contributed by atoms with Crippen molar-refractivity contribution in [3.8, 4) is 0 Å². The van der Waals surface area contributed by atoms with Crippen LogP contribution in [0.4, 0.5) is 5.69 Å². The summed E-state index contributed by atoms with van der Waals surface area (Å²) >= 11 is 0. The summed E-state index contributed by atoms with van der Waals surface area (Å²) in [5.74, 6) is 0.576. The van der Waals surface area contributed by atoms with Gasteiger partial charge in [0.25, 0.3) is 0 Å². The Labute approximate surface area is 132 Å². The third-order valence-electron chi connectivity index (χ3n) is 4.78. The highest BCUT2D eigenvalue weighted by molar-refractivity contribution is 5.94. The van der Waals surface area contributed by atoms with Crippen molar-refractivity contribution in [3.63, 3.8) is 0 Å². The van der Waals surface area contributed by atoms with E-state index in [0.29, 0.717) is 12.3 Å². The molecular weight excluding hydrogens is 270 g/mol. The first-order chi connectivity index (χ1) is 10.6. The minimum absolute atomic E-state index is 0.204. The smallest absolute Gasteiger partial charge is 0.227 e. The molecule has 0 saturated heterocycles. The van der Waals surface area contributed by atoms with Gasteiger partial charge in [-0.1, -0.05) is 36.4 Å². The zero-order chi connectivity index (χ0) is 15.7. The Morgan fingerprint density at radius 2 is 1.95 bits per heavy atom. The van der Waals surface area contributed by atoms with Crippen molar-refractivity contribution in [2.75, 3.05) is 11.9 Å². The number of hydrogen-bond donors (Lipinski definition) is 0. The van der Waals surface area contributed by atoms with E-state index >= 15 is 0 Å². The summed E-state index contributed by atoms with van der Waals surface area (Å²) in [4.78, 5) is 14.5. The maximum atomic E-state index is 12.7. The number of carbonyl (C=O) groups excluding carboxylic acids is 1. The lowest BCUT2D eigenvalue weighted by atomic mass is 9.97. The van der Waals surface area contributed by atoms with Gasteiger partial charge in [0.15, 0.2) is 0 Å². The van der Waals surface area contributed by atoms with Crippen LogP contribution in [0.5, 0.6) is 0 Å². The largest absolute Gasteiger partial charge is 0.315 e. The van der Waals surface area contributed by atoms with Crippen LogP contribution in [0.25, 0.3) is 0 Å². The van der Waals surface area contributed by atoms with Gasteiger partial charge >= 0.3 is 0 Å². The molecule has 1 unspecified atom stereocenters. The Morgan fingerprint density at radius 3 is 2.77 bits per heavy atom. The van der Waals surface area contributed by atoms with E-state index in [-0.39, 0.29) is 5.91 Å². The number of hydrogen-bond acceptors (Lipinski definition) is 1. The molecule has 0 heterocycles. The third-order valence-corrected chi connectivity index (χ3v) is 4.78. The maximum absolute atomic E-state index is 12.7. The second-order valence-electron chi connectivity index (χ2n) is 6.38. The SMILES string of the molecule is Cc1ccc(C)c(N(C)C(=O)CC2CCc3ccccc32)c1. The average molecular weight is 293 g/mol. The van der Waals surface area contributed by atoms with E-state index in [1.807, 2.05) is 11.9 Å². The van der Waals surface area contributed by atoms with E-state index in [4.69, 9.17) is 0 Å². The molecule has 2 aromatic carbocycles. The number of carbonyl (C=O) groups is 1. The summed E-state index contributed by atoms with van der Waals surface area (Å²) in [6.07, 6.45) is 2.79.